The van der Waals surface area contributed by atoms with Crippen molar-refractivity contribution in [3.05, 3.63) is 46.6 Å². The lowest BCUT2D eigenvalue weighted by molar-refractivity contribution is 0.0929. The molecule has 3 aromatic rings. The Hall–Kier alpha value is -2.51. The summed E-state index contributed by atoms with van der Waals surface area (Å²) in [7, 11) is 0. The number of aryl methyl sites for hydroxylation is 1. The molecule has 0 bridgehead atoms. The van der Waals surface area contributed by atoms with Gasteiger partial charge in [-0.25, -0.2) is 9.37 Å². The number of aromatic amines is 1. The number of halogens is 2. The molecule has 4 rings (SSSR count). The molecule has 2 heterocycles. The normalized spacial score (nSPS) is 19.6. The first-order valence-electron chi connectivity index (χ1n) is 8.80. The predicted octanol–water partition coefficient (Wildman–Crippen LogP) is 3.34. The van der Waals surface area contributed by atoms with Crippen LogP contribution in [0.5, 0.6) is 0 Å². The number of aromatic nitrogens is 3. The highest BCUT2D eigenvalue weighted by molar-refractivity contribution is 6.31. The van der Waals surface area contributed by atoms with Crippen LogP contribution in [-0.4, -0.2) is 32.9 Å². The number of benzene rings is 1. The third kappa shape index (κ3) is 3.28. The SMILES string of the molecule is Cc1c(-c2cncc(C(=O)N[C@H]3CCC[C@@H]3N)n2)[nH]c2cc(Cl)c(F)cc12. The molecule has 1 aliphatic rings. The Kier molecular flexibility index (Phi) is 4.57. The van der Waals surface area contributed by atoms with Crippen molar-refractivity contribution in [2.75, 3.05) is 0 Å². The number of nitrogens with zero attached hydrogens (tertiary/aromatic N) is 2. The van der Waals surface area contributed by atoms with E-state index in [-0.39, 0.29) is 28.7 Å². The van der Waals surface area contributed by atoms with Gasteiger partial charge in [-0.3, -0.25) is 9.78 Å². The van der Waals surface area contributed by atoms with Crippen molar-refractivity contribution in [3.8, 4) is 11.4 Å². The van der Waals surface area contributed by atoms with Gasteiger partial charge in [0.05, 0.1) is 23.1 Å². The van der Waals surface area contributed by atoms with E-state index >= 15 is 0 Å². The number of nitrogens with one attached hydrogen (secondary N) is 2. The van der Waals surface area contributed by atoms with E-state index in [1.165, 1.54) is 18.3 Å². The zero-order valence-corrected chi connectivity index (χ0v) is 15.5. The second-order valence-electron chi connectivity index (χ2n) is 6.90. The van der Waals surface area contributed by atoms with Gasteiger partial charge in [-0.15, -0.1) is 0 Å². The number of carbonyl (C=O) groups excluding carboxylic acids is 1. The first-order valence-corrected chi connectivity index (χ1v) is 9.18. The average molecular weight is 388 g/mol. The van der Waals surface area contributed by atoms with Crippen molar-refractivity contribution in [3.63, 3.8) is 0 Å². The minimum absolute atomic E-state index is 0.0271. The zero-order chi connectivity index (χ0) is 19.1. The number of nitrogens with two attached hydrogens (primary N) is 1. The number of H-pyrrole nitrogens is 1. The van der Waals surface area contributed by atoms with Crippen molar-refractivity contribution in [2.45, 2.75) is 38.3 Å². The first-order chi connectivity index (χ1) is 12.9. The molecule has 1 fully saturated rings. The fraction of sp³-hybridized carbons (Fsp3) is 0.316. The topological polar surface area (TPSA) is 96.7 Å². The number of carbonyl (C=O) groups is 1. The molecule has 1 amide bonds. The van der Waals surface area contributed by atoms with E-state index in [0.29, 0.717) is 22.3 Å². The van der Waals surface area contributed by atoms with Gasteiger partial charge in [0.25, 0.3) is 5.91 Å². The van der Waals surface area contributed by atoms with Crippen molar-refractivity contribution < 1.29 is 9.18 Å². The van der Waals surface area contributed by atoms with Crippen LogP contribution >= 0.6 is 11.6 Å². The predicted molar refractivity (Wildman–Crippen MR) is 102 cm³/mol. The molecule has 2 aromatic heterocycles. The van der Waals surface area contributed by atoms with Gasteiger partial charge in [-0.2, -0.15) is 0 Å². The van der Waals surface area contributed by atoms with Crippen LogP contribution in [-0.2, 0) is 0 Å². The summed E-state index contributed by atoms with van der Waals surface area (Å²) < 4.78 is 13.8. The number of hydrogen-bond acceptors (Lipinski definition) is 4. The van der Waals surface area contributed by atoms with E-state index in [4.69, 9.17) is 17.3 Å². The second kappa shape index (κ2) is 6.90. The molecule has 0 spiro atoms. The number of rotatable bonds is 3. The number of fused-ring (bicyclic) bond motifs is 1. The van der Waals surface area contributed by atoms with E-state index in [2.05, 4.69) is 20.3 Å². The first kappa shape index (κ1) is 17.9. The molecule has 27 heavy (non-hydrogen) atoms. The third-order valence-corrected chi connectivity index (χ3v) is 5.40. The molecule has 0 unspecified atom stereocenters. The van der Waals surface area contributed by atoms with Gasteiger partial charge < -0.3 is 16.0 Å². The molecule has 4 N–H and O–H groups in total. The summed E-state index contributed by atoms with van der Waals surface area (Å²) in [6.45, 7) is 1.85. The summed E-state index contributed by atoms with van der Waals surface area (Å²) in [5.74, 6) is -0.778. The molecule has 1 aromatic carbocycles. The van der Waals surface area contributed by atoms with Crippen molar-refractivity contribution in [1.29, 1.82) is 0 Å². The summed E-state index contributed by atoms with van der Waals surface area (Å²) in [4.78, 5) is 24.3. The largest absolute Gasteiger partial charge is 0.353 e. The molecule has 1 aliphatic carbocycles. The van der Waals surface area contributed by atoms with Gasteiger partial charge in [0, 0.05) is 23.0 Å². The molecule has 2 atom stereocenters. The van der Waals surface area contributed by atoms with Crippen LogP contribution in [0.25, 0.3) is 22.3 Å². The maximum absolute atomic E-state index is 13.8. The Morgan fingerprint density at radius 1 is 1.37 bits per heavy atom. The average Bonchev–Trinajstić information content (AvgIpc) is 3.19. The Labute approximate surface area is 160 Å². The number of hydrogen-bond donors (Lipinski definition) is 3. The molecular weight excluding hydrogens is 369 g/mol. The van der Waals surface area contributed by atoms with Crippen LogP contribution in [0.1, 0.15) is 35.3 Å². The van der Waals surface area contributed by atoms with E-state index in [0.717, 1.165) is 24.8 Å². The smallest absolute Gasteiger partial charge is 0.271 e. The lowest BCUT2D eigenvalue weighted by Gasteiger charge is -2.16. The molecule has 0 aliphatic heterocycles. The summed E-state index contributed by atoms with van der Waals surface area (Å²) in [5, 5.41) is 3.69. The monoisotopic (exact) mass is 387 g/mol. The summed E-state index contributed by atoms with van der Waals surface area (Å²) >= 11 is 5.87. The molecule has 6 nitrogen and oxygen atoms in total. The van der Waals surface area contributed by atoms with Crippen LogP contribution in [0.3, 0.4) is 0 Å². The van der Waals surface area contributed by atoms with Gasteiger partial charge in [0.2, 0.25) is 0 Å². The summed E-state index contributed by atoms with van der Waals surface area (Å²) in [5.41, 5.74) is 8.92. The fourth-order valence-corrected chi connectivity index (χ4v) is 3.75. The van der Waals surface area contributed by atoms with Crippen LogP contribution in [0.4, 0.5) is 4.39 Å². The lowest BCUT2D eigenvalue weighted by Crippen LogP contribution is -2.44. The minimum Gasteiger partial charge on any atom is -0.353 e. The van der Waals surface area contributed by atoms with Gasteiger partial charge in [-0.05, 0) is 43.9 Å². The Morgan fingerprint density at radius 2 is 2.19 bits per heavy atom. The Bertz CT molecular complexity index is 1030. The Morgan fingerprint density at radius 3 is 2.93 bits per heavy atom. The Balaban J connectivity index is 1.67. The highest BCUT2D eigenvalue weighted by Crippen LogP contribution is 2.31. The van der Waals surface area contributed by atoms with Crippen LogP contribution in [0, 0.1) is 12.7 Å². The molecule has 8 heteroatoms. The zero-order valence-electron chi connectivity index (χ0n) is 14.7. The van der Waals surface area contributed by atoms with Gasteiger partial charge in [0.15, 0.2) is 0 Å². The molecule has 140 valence electrons. The lowest BCUT2D eigenvalue weighted by atomic mass is 10.1. The maximum Gasteiger partial charge on any atom is 0.271 e. The highest BCUT2D eigenvalue weighted by atomic mass is 35.5. The van der Waals surface area contributed by atoms with E-state index in [9.17, 15) is 9.18 Å². The molecule has 1 saturated carbocycles. The molecular formula is C19H19ClFN5O. The molecule has 0 radical (unpaired) electrons. The van der Waals surface area contributed by atoms with Crippen molar-refractivity contribution in [1.82, 2.24) is 20.3 Å². The van der Waals surface area contributed by atoms with Gasteiger partial charge >= 0.3 is 0 Å². The van der Waals surface area contributed by atoms with Gasteiger partial charge in [0.1, 0.15) is 17.2 Å². The summed E-state index contributed by atoms with van der Waals surface area (Å²) in [6, 6.07) is 2.86. The van der Waals surface area contributed by atoms with Crippen molar-refractivity contribution >= 4 is 28.4 Å². The number of amides is 1. The van der Waals surface area contributed by atoms with Gasteiger partial charge in [-0.1, -0.05) is 11.6 Å². The molecule has 0 saturated heterocycles. The quantitative estimate of drug-likeness (QED) is 0.642. The second-order valence-corrected chi connectivity index (χ2v) is 7.31. The van der Waals surface area contributed by atoms with Crippen LogP contribution < -0.4 is 11.1 Å². The maximum atomic E-state index is 13.8. The van der Waals surface area contributed by atoms with Crippen LogP contribution in [0.2, 0.25) is 5.02 Å². The van der Waals surface area contributed by atoms with E-state index in [1.54, 1.807) is 6.20 Å². The van der Waals surface area contributed by atoms with E-state index < -0.39 is 5.82 Å². The minimum atomic E-state index is -0.482. The third-order valence-electron chi connectivity index (χ3n) is 5.11. The standard InChI is InChI=1S/C19H19ClFN5O/c1-9-10-5-12(21)11(20)6-15(10)25-18(9)16-7-23-8-17(24-16)19(27)26-14-4-2-3-13(14)22/h5-8,13-14,25H,2-4,22H2,1H3,(H,26,27)/t13-,14-/m0/s1. The summed E-state index contributed by atoms with van der Waals surface area (Å²) in [6.07, 6.45) is 5.77. The fourth-order valence-electron chi connectivity index (χ4n) is 3.59. The van der Waals surface area contributed by atoms with E-state index in [1.807, 2.05) is 6.92 Å². The van der Waals surface area contributed by atoms with Crippen LogP contribution in [0.15, 0.2) is 24.5 Å². The highest BCUT2D eigenvalue weighted by Gasteiger charge is 2.26. The van der Waals surface area contributed by atoms with Crippen molar-refractivity contribution in [2.24, 2.45) is 5.73 Å².